The summed E-state index contributed by atoms with van der Waals surface area (Å²) in [5, 5.41) is 0. The fourth-order valence-electron chi connectivity index (χ4n) is 11.9. The highest BCUT2D eigenvalue weighted by atomic mass is 16.1. The molecule has 0 saturated carbocycles. The van der Waals surface area contributed by atoms with E-state index in [-0.39, 0.29) is 71.3 Å². The number of hydrogen-bond donors (Lipinski definition) is 0. The summed E-state index contributed by atoms with van der Waals surface area (Å²) in [4.78, 5) is 15.2. The summed E-state index contributed by atoms with van der Waals surface area (Å²) in [7, 11) is 83.6. The van der Waals surface area contributed by atoms with Crippen molar-refractivity contribution in [1.82, 2.24) is 0 Å². The lowest BCUT2D eigenvalue weighted by molar-refractivity contribution is 0.0997. The van der Waals surface area contributed by atoms with Gasteiger partial charge < -0.3 is 0 Å². The quantitative estimate of drug-likeness (QED) is 0.145. The summed E-state index contributed by atoms with van der Waals surface area (Å²) in [6.45, 7) is 0. The van der Waals surface area contributed by atoms with Gasteiger partial charge in [-0.05, 0) is 100 Å². The van der Waals surface area contributed by atoms with Crippen LogP contribution in [-0.2, 0) is 10.8 Å². The second-order valence-corrected chi connectivity index (χ2v) is 17.0. The zero-order valence-corrected chi connectivity index (χ0v) is 34.4. The first-order valence-electron chi connectivity index (χ1n) is 20.6. The summed E-state index contributed by atoms with van der Waals surface area (Å²) in [5.74, 6) is 1.28. The van der Waals surface area contributed by atoms with Gasteiger partial charge in [0, 0.05) is 12.0 Å². The Labute approximate surface area is 389 Å². The van der Waals surface area contributed by atoms with Crippen LogP contribution in [0.25, 0.3) is 33.4 Å². The van der Waals surface area contributed by atoms with Crippen LogP contribution in [0.5, 0.6) is 0 Å². The fourth-order valence-corrected chi connectivity index (χ4v) is 11.9. The molecular formula is C51H20B12O. The first kappa shape index (κ1) is 41.0. The Kier molecular flexibility index (Phi) is 8.91. The second-order valence-electron chi connectivity index (χ2n) is 17.0. The molecule has 13 heteroatoms. The third kappa shape index (κ3) is 4.65. The van der Waals surface area contributed by atoms with Crippen LogP contribution in [-0.4, -0.2) is 99.9 Å². The van der Waals surface area contributed by atoms with Gasteiger partial charge in [0.1, 0.15) is 86.3 Å². The molecule has 0 bridgehead atoms. The van der Waals surface area contributed by atoms with Crippen LogP contribution in [0.2, 0.25) is 5.82 Å². The van der Waals surface area contributed by atoms with E-state index in [1.54, 1.807) is 0 Å². The molecular weight excluding hydrogens is 758 g/mol. The summed E-state index contributed by atoms with van der Waals surface area (Å²) in [6, 6.07) is 31.7. The number of terminal acetylenes is 1. The number of carbonyl (C=O) groups is 1. The molecule has 0 aromatic heterocycles. The van der Waals surface area contributed by atoms with Gasteiger partial charge in [0.25, 0.3) is 0 Å². The third-order valence-electron chi connectivity index (χ3n) is 14.3. The van der Waals surface area contributed by atoms with Gasteiger partial charge in [-0.25, -0.2) is 0 Å². The topological polar surface area (TPSA) is 17.1 Å². The summed E-state index contributed by atoms with van der Waals surface area (Å²) >= 11 is 0. The fraction of sp³-hybridized carbons (Fsp3) is 0.0784. The van der Waals surface area contributed by atoms with Crippen molar-refractivity contribution in [2.24, 2.45) is 0 Å². The highest BCUT2D eigenvalue weighted by molar-refractivity contribution is 6.64. The van der Waals surface area contributed by atoms with Crippen molar-refractivity contribution >= 4 is 149 Å². The predicted octanol–water partition coefficient (Wildman–Crippen LogP) is 0.381. The summed E-state index contributed by atoms with van der Waals surface area (Å²) < 4.78 is 0. The van der Waals surface area contributed by atoms with Crippen molar-refractivity contribution in [2.75, 3.05) is 0 Å². The molecule has 0 heterocycles. The molecule has 0 aliphatic heterocycles. The number of rotatable bonds is 3. The number of benzene rings is 6. The van der Waals surface area contributed by atoms with Crippen molar-refractivity contribution in [3.8, 4) is 34.6 Å². The van der Waals surface area contributed by atoms with Crippen LogP contribution in [0.1, 0.15) is 61.3 Å². The predicted molar refractivity (Wildman–Crippen MR) is 272 cm³/mol. The zero-order valence-electron chi connectivity index (χ0n) is 34.4. The van der Waals surface area contributed by atoms with Crippen LogP contribution in [0, 0.1) is 12.3 Å². The number of hydrogen-bond acceptors (Lipinski definition) is 1. The molecule has 1 nitrogen and oxygen atoms in total. The standard InChI is InChI=1S/C51H20B12O/c1-2-28(52)36-31(33-37(46(60)49(63)48(62)42(33)56)50(36)24-15-7-3-11-20(24)21-12-4-8-16-25(21)50)29(53)19-30(64)32-40(54)34-35-39(45(59)47(61)43(35)57)51(38(34)44(58)41(32)55)26-17-9-5-13-22(26)23-14-6-10-18-27(23)51/h1,3-18,45H,19H2/b31-29?,36-28-. The molecule has 0 amide bonds. The monoisotopic (exact) mass is 780 g/mol. The Balaban J connectivity index is 1.17. The summed E-state index contributed by atoms with van der Waals surface area (Å²) in [5.41, 5.74) is 9.66. The SMILES string of the molecule is [B]C(CC(=O)c1c([B])c([B])c2c(c1[B])C1=C(C([B])C([B])=C1[B])C21c2ccccc2-c2ccccc21)=C1/C(=C(/[B])C#C)C2(c3ccccc3-c3ccccc32)c2c([B])c([B])c([B])c([B])c21. The van der Waals surface area contributed by atoms with Crippen LogP contribution in [0.15, 0.2) is 130 Å². The van der Waals surface area contributed by atoms with Gasteiger partial charge in [-0.2, -0.15) is 0 Å². The Morgan fingerprint density at radius 3 is 1.50 bits per heavy atom. The van der Waals surface area contributed by atoms with E-state index in [4.69, 9.17) is 101 Å². The van der Waals surface area contributed by atoms with Crippen LogP contribution in [0.4, 0.5) is 0 Å². The van der Waals surface area contributed by atoms with Crippen LogP contribution >= 0.6 is 0 Å². The van der Waals surface area contributed by atoms with E-state index in [1.807, 2.05) is 97.1 Å². The van der Waals surface area contributed by atoms with Crippen molar-refractivity contribution in [2.45, 2.75) is 23.1 Å². The first-order valence-corrected chi connectivity index (χ1v) is 20.6. The minimum Gasteiger partial charge on any atom is -0.294 e. The highest BCUT2D eigenvalue weighted by Crippen LogP contribution is 2.67. The maximum Gasteiger partial charge on any atom is 0.164 e. The molecule has 6 aromatic carbocycles. The number of allylic oxidation sites excluding steroid dienone is 8. The third-order valence-corrected chi connectivity index (χ3v) is 14.3. The minimum absolute atomic E-state index is 0.0316. The molecule has 2 spiro atoms. The second kappa shape index (κ2) is 13.9. The van der Waals surface area contributed by atoms with E-state index in [0.717, 1.165) is 44.5 Å². The van der Waals surface area contributed by atoms with Gasteiger partial charge in [0.05, 0.1) is 18.7 Å². The largest absolute Gasteiger partial charge is 0.294 e. The maximum atomic E-state index is 15.2. The molecule has 5 aliphatic rings. The molecule has 0 saturated heterocycles. The van der Waals surface area contributed by atoms with E-state index >= 15 is 4.79 Å². The molecule has 11 rings (SSSR count). The Morgan fingerprint density at radius 2 is 1.00 bits per heavy atom. The minimum atomic E-state index is -1.27. The molecule has 1 atom stereocenters. The normalized spacial score (nSPS) is 18.9. The summed E-state index contributed by atoms with van der Waals surface area (Å²) in [6.07, 6.45) is 5.74. The van der Waals surface area contributed by atoms with Crippen molar-refractivity contribution in [3.63, 3.8) is 0 Å². The smallest absolute Gasteiger partial charge is 0.164 e. The number of carbonyl (C=O) groups excluding carboxylic acids is 1. The van der Waals surface area contributed by atoms with E-state index in [0.29, 0.717) is 39.0 Å². The Morgan fingerprint density at radius 1 is 0.562 bits per heavy atom. The van der Waals surface area contributed by atoms with Crippen LogP contribution < -0.4 is 38.2 Å². The Hall–Kier alpha value is -5.71. The molecule has 6 aromatic rings. The zero-order chi connectivity index (χ0) is 45.0. The van der Waals surface area contributed by atoms with Crippen molar-refractivity contribution in [1.29, 1.82) is 0 Å². The van der Waals surface area contributed by atoms with Gasteiger partial charge >= 0.3 is 0 Å². The number of fused-ring (bicyclic) bond motifs is 16. The molecule has 0 fully saturated rings. The van der Waals surface area contributed by atoms with Gasteiger partial charge in [0.2, 0.25) is 0 Å². The van der Waals surface area contributed by atoms with Gasteiger partial charge in [-0.1, -0.05) is 136 Å². The molecule has 64 heavy (non-hydrogen) atoms. The van der Waals surface area contributed by atoms with Gasteiger partial charge in [-0.15, -0.1) is 28.3 Å². The van der Waals surface area contributed by atoms with E-state index < -0.39 is 28.9 Å². The van der Waals surface area contributed by atoms with Crippen molar-refractivity contribution < 1.29 is 4.79 Å². The van der Waals surface area contributed by atoms with E-state index in [1.165, 1.54) is 0 Å². The average molecular weight is 778 g/mol. The number of Topliss-reactive ketones (excluding diaryl/α,β-unsaturated/α-hetero) is 1. The average Bonchev–Trinajstić information content (AvgIpc) is 4.04. The van der Waals surface area contributed by atoms with Gasteiger partial charge in [0.15, 0.2) is 5.78 Å². The lowest BCUT2D eigenvalue weighted by atomic mass is 9.55. The molecule has 5 aliphatic carbocycles. The van der Waals surface area contributed by atoms with E-state index in [9.17, 15) is 0 Å². The van der Waals surface area contributed by atoms with Crippen molar-refractivity contribution in [3.05, 3.63) is 180 Å². The number of ketones is 1. The Bertz CT molecular complexity index is 3340. The highest BCUT2D eigenvalue weighted by Gasteiger charge is 2.58. The maximum absolute atomic E-state index is 15.2. The van der Waals surface area contributed by atoms with Gasteiger partial charge in [-0.3, -0.25) is 4.79 Å². The molecule has 24 radical (unpaired) electrons. The van der Waals surface area contributed by atoms with Crippen LogP contribution in [0.3, 0.4) is 0 Å². The lowest BCUT2D eigenvalue weighted by Gasteiger charge is -2.38. The molecule has 1 unspecified atom stereocenters. The lowest BCUT2D eigenvalue weighted by Crippen LogP contribution is -2.52. The molecule has 0 N–H and O–H groups in total. The molecule has 266 valence electrons. The first-order chi connectivity index (χ1) is 30.7. The van der Waals surface area contributed by atoms with E-state index in [2.05, 4.69) is 5.92 Å².